The summed E-state index contributed by atoms with van der Waals surface area (Å²) in [5.41, 5.74) is 1.02. The summed E-state index contributed by atoms with van der Waals surface area (Å²) >= 11 is 3.35. The average Bonchev–Trinajstić information content (AvgIpc) is 2.01. The Labute approximate surface area is 74.0 Å². The molecule has 11 heavy (non-hydrogen) atoms. The van der Waals surface area contributed by atoms with Gasteiger partial charge >= 0.3 is 0 Å². The summed E-state index contributed by atoms with van der Waals surface area (Å²) in [5.74, 6) is 0. The lowest BCUT2D eigenvalue weighted by molar-refractivity contribution is 0.215. The molecule has 0 spiro atoms. The summed E-state index contributed by atoms with van der Waals surface area (Å²) in [6.07, 6.45) is 1.66. The fourth-order valence-corrected chi connectivity index (χ4v) is 1.12. The lowest BCUT2D eigenvalue weighted by atomic mass is 10.2. The molecule has 0 aliphatic carbocycles. The van der Waals surface area contributed by atoms with Gasteiger partial charge in [-0.3, -0.25) is 0 Å². The second-order valence-corrected chi connectivity index (χ2v) is 2.89. The van der Waals surface area contributed by atoms with Crippen LogP contribution in [0.5, 0.6) is 0 Å². The maximum absolute atomic E-state index is 4.54. The Morgan fingerprint density at radius 1 is 1.55 bits per heavy atom. The average molecular weight is 214 g/mol. The predicted octanol–water partition coefficient (Wildman–Crippen LogP) is 2.43. The van der Waals surface area contributed by atoms with E-state index in [4.69, 9.17) is 0 Å². The summed E-state index contributed by atoms with van der Waals surface area (Å²) in [5, 5.41) is 3.64. The second kappa shape index (κ2) is 4.13. The first kappa shape index (κ1) is 8.27. The number of benzene rings is 1. The minimum Gasteiger partial charge on any atom is -0.399 e. The van der Waals surface area contributed by atoms with Crippen LogP contribution in [0.4, 0.5) is 0 Å². The molecule has 0 saturated heterocycles. The van der Waals surface area contributed by atoms with Crippen LogP contribution in [0.25, 0.3) is 0 Å². The first-order chi connectivity index (χ1) is 5.33. The van der Waals surface area contributed by atoms with Crippen molar-refractivity contribution in [1.82, 2.24) is 0 Å². The molecule has 3 heteroatoms. The van der Waals surface area contributed by atoms with Gasteiger partial charge in [0.15, 0.2) is 0 Å². The van der Waals surface area contributed by atoms with Gasteiger partial charge in [0, 0.05) is 4.47 Å². The van der Waals surface area contributed by atoms with E-state index in [1.54, 1.807) is 6.21 Å². The van der Waals surface area contributed by atoms with Crippen LogP contribution in [0.15, 0.2) is 33.9 Å². The van der Waals surface area contributed by atoms with E-state index in [1.807, 2.05) is 24.3 Å². The Morgan fingerprint density at radius 2 is 2.36 bits per heavy atom. The Bertz CT molecular complexity index is 260. The van der Waals surface area contributed by atoms with E-state index in [1.165, 1.54) is 7.11 Å². The molecule has 1 aromatic rings. The van der Waals surface area contributed by atoms with Crippen LogP contribution in [0, 0.1) is 0 Å². The minimum atomic E-state index is 1.02. The van der Waals surface area contributed by atoms with Crippen LogP contribution >= 0.6 is 15.9 Å². The third kappa shape index (κ3) is 2.72. The molecule has 0 unspecified atom stereocenters. The quantitative estimate of drug-likeness (QED) is 0.547. The molecule has 1 aromatic carbocycles. The Hall–Kier alpha value is -0.830. The number of hydrogen-bond acceptors (Lipinski definition) is 2. The summed E-state index contributed by atoms with van der Waals surface area (Å²) in [4.78, 5) is 4.54. The van der Waals surface area contributed by atoms with Gasteiger partial charge in [-0.15, -0.1) is 0 Å². The molecule has 0 N–H and O–H groups in total. The van der Waals surface area contributed by atoms with E-state index in [0.29, 0.717) is 0 Å². The first-order valence-corrected chi connectivity index (χ1v) is 3.94. The van der Waals surface area contributed by atoms with Crippen molar-refractivity contribution < 1.29 is 4.84 Å². The Kier molecular flexibility index (Phi) is 3.11. The van der Waals surface area contributed by atoms with Crippen LogP contribution in [0.1, 0.15) is 5.56 Å². The van der Waals surface area contributed by atoms with Gasteiger partial charge in [-0.1, -0.05) is 33.2 Å². The molecular formula is C8H8BrNO. The molecule has 0 aromatic heterocycles. The van der Waals surface area contributed by atoms with Crippen molar-refractivity contribution in [3.63, 3.8) is 0 Å². The van der Waals surface area contributed by atoms with E-state index in [2.05, 4.69) is 25.9 Å². The number of halogens is 1. The summed E-state index contributed by atoms with van der Waals surface area (Å²) in [6, 6.07) is 7.82. The molecule has 0 aliphatic heterocycles. The summed E-state index contributed by atoms with van der Waals surface area (Å²) in [7, 11) is 1.52. The second-order valence-electron chi connectivity index (χ2n) is 1.97. The summed E-state index contributed by atoms with van der Waals surface area (Å²) < 4.78 is 1.04. The van der Waals surface area contributed by atoms with Gasteiger partial charge in [-0.2, -0.15) is 0 Å². The fraction of sp³-hybridized carbons (Fsp3) is 0.125. The standard InChI is InChI=1S/C8H8BrNO/c1-11-10-6-7-3-2-4-8(9)5-7/h2-6H,1H3. The first-order valence-electron chi connectivity index (χ1n) is 3.15. The largest absolute Gasteiger partial charge is 0.399 e. The zero-order chi connectivity index (χ0) is 8.10. The molecule has 0 heterocycles. The molecule has 0 atom stereocenters. The van der Waals surface area contributed by atoms with Crippen LogP contribution in [-0.4, -0.2) is 13.3 Å². The third-order valence-electron chi connectivity index (χ3n) is 1.16. The van der Waals surface area contributed by atoms with Crippen molar-refractivity contribution in [3.05, 3.63) is 34.3 Å². The topological polar surface area (TPSA) is 21.6 Å². The van der Waals surface area contributed by atoms with Gasteiger partial charge in [0.05, 0.1) is 6.21 Å². The molecule has 0 bridgehead atoms. The highest BCUT2D eigenvalue weighted by Gasteiger charge is 1.87. The van der Waals surface area contributed by atoms with Crippen LogP contribution in [0.2, 0.25) is 0 Å². The normalized spacial score (nSPS) is 10.4. The van der Waals surface area contributed by atoms with Gasteiger partial charge in [-0.25, -0.2) is 0 Å². The van der Waals surface area contributed by atoms with Crippen LogP contribution in [-0.2, 0) is 4.84 Å². The smallest absolute Gasteiger partial charge is 0.106 e. The van der Waals surface area contributed by atoms with Crippen molar-refractivity contribution in [2.45, 2.75) is 0 Å². The number of nitrogens with zero attached hydrogens (tertiary/aromatic N) is 1. The molecular weight excluding hydrogens is 206 g/mol. The predicted molar refractivity (Wildman–Crippen MR) is 48.7 cm³/mol. The SMILES string of the molecule is CON=Cc1cccc(Br)c1. The van der Waals surface area contributed by atoms with E-state index in [9.17, 15) is 0 Å². The van der Waals surface area contributed by atoms with E-state index >= 15 is 0 Å². The van der Waals surface area contributed by atoms with E-state index < -0.39 is 0 Å². The fourth-order valence-electron chi connectivity index (χ4n) is 0.700. The minimum absolute atomic E-state index is 1.02. The number of hydrogen-bond donors (Lipinski definition) is 0. The van der Waals surface area contributed by atoms with Crippen molar-refractivity contribution in [2.24, 2.45) is 5.16 Å². The molecule has 0 amide bonds. The molecule has 0 aliphatic rings. The van der Waals surface area contributed by atoms with Crippen molar-refractivity contribution in [3.8, 4) is 0 Å². The summed E-state index contributed by atoms with van der Waals surface area (Å²) in [6.45, 7) is 0. The van der Waals surface area contributed by atoms with Crippen molar-refractivity contribution in [1.29, 1.82) is 0 Å². The molecule has 0 radical (unpaired) electrons. The van der Waals surface area contributed by atoms with Gasteiger partial charge in [0.1, 0.15) is 7.11 Å². The van der Waals surface area contributed by atoms with Crippen molar-refractivity contribution >= 4 is 22.1 Å². The maximum atomic E-state index is 4.54. The number of oxime groups is 1. The lowest BCUT2D eigenvalue weighted by Crippen LogP contribution is -1.80. The lowest BCUT2D eigenvalue weighted by Gasteiger charge is -1.92. The molecule has 1 rings (SSSR count). The molecule has 2 nitrogen and oxygen atoms in total. The van der Waals surface area contributed by atoms with Gasteiger partial charge in [-0.05, 0) is 17.7 Å². The highest BCUT2D eigenvalue weighted by atomic mass is 79.9. The van der Waals surface area contributed by atoms with Gasteiger partial charge in [0.25, 0.3) is 0 Å². The zero-order valence-electron chi connectivity index (χ0n) is 6.12. The molecule has 0 fully saturated rings. The highest BCUT2D eigenvalue weighted by molar-refractivity contribution is 9.10. The van der Waals surface area contributed by atoms with E-state index in [0.717, 1.165) is 10.0 Å². The molecule has 0 saturated carbocycles. The monoisotopic (exact) mass is 213 g/mol. The maximum Gasteiger partial charge on any atom is 0.106 e. The zero-order valence-corrected chi connectivity index (χ0v) is 7.71. The Balaban J connectivity index is 2.79. The van der Waals surface area contributed by atoms with Crippen molar-refractivity contribution in [2.75, 3.05) is 7.11 Å². The van der Waals surface area contributed by atoms with Crippen LogP contribution < -0.4 is 0 Å². The van der Waals surface area contributed by atoms with Gasteiger partial charge < -0.3 is 4.84 Å². The Morgan fingerprint density at radius 3 is 3.00 bits per heavy atom. The van der Waals surface area contributed by atoms with Crippen LogP contribution in [0.3, 0.4) is 0 Å². The van der Waals surface area contributed by atoms with Gasteiger partial charge in [0.2, 0.25) is 0 Å². The third-order valence-corrected chi connectivity index (χ3v) is 1.65. The highest BCUT2D eigenvalue weighted by Crippen LogP contribution is 2.09. The van der Waals surface area contributed by atoms with E-state index in [-0.39, 0.29) is 0 Å². The molecule has 58 valence electrons. The number of rotatable bonds is 2.